The molecular formula is C20H29N3O5S. The van der Waals surface area contributed by atoms with Gasteiger partial charge in [-0.05, 0) is 55.9 Å². The van der Waals surface area contributed by atoms with E-state index in [0.29, 0.717) is 50.7 Å². The lowest BCUT2D eigenvalue weighted by Crippen LogP contribution is -2.43. The molecule has 0 aromatic heterocycles. The Hall–Kier alpha value is -2.13. The standard InChI is InChI=1S/C20H29N3O5S/c1-15-6-12-23(13-7-15)29(26,27)18-4-2-17(3-5-18)28-14-19(24)22-10-8-16(9-11-22)20(21)25/h2-5,15-16H,6-14H2,1H3,(H2,21,25). The third kappa shape index (κ3) is 5.27. The maximum atomic E-state index is 12.7. The van der Waals surface area contributed by atoms with Crippen LogP contribution in [0.25, 0.3) is 0 Å². The van der Waals surface area contributed by atoms with Crippen LogP contribution in [0.15, 0.2) is 29.2 Å². The van der Waals surface area contributed by atoms with Gasteiger partial charge in [-0.3, -0.25) is 9.59 Å². The van der Waals surface area contributed by atoms with E-state index in [1.54, 1.807) is 17.0 Å². The summed E-state index contributed by atoms with van der Waals surface area (Å²) in [5.74, 6) is 0.347. The smallest absolute Gasteiger partial charge is 0.260 e. The summed E-state index contributed by atoms with van der Waals surface area (Å²) in [6.07, 6.45) is 2.89. The zero-order chi connectivity index (χ0) is 21.0. The first kappa shape index (κ1) is 21.6. The Morgan fingerprint density at radius 1 is 1.03 bits per heavy atom. The van der Waals surface area contributed by atoms with Crippen LogP contribution in [-0.4, -0.2) is 62.2 Å². The van der Waals surface area contributed by atoms with Gasteiger partial charge in [0.2, 0.25) is 15.9 Å². The lowest BCUT2D eigenvalue weighted by Gasteiger charge is -2.30. The number of nitrogens with zero attached hydrogens (tertiary/aromatic N) is 2. The third-order valence-electron chi connectivity index (χ3n) is 5.82. The molecule has 2 saturated heterocycles. The number of carbonyl (C=O) groups excluding carboxylic acids is 2. The second-order valence-electron chi connectivity index (χ2n) is 7.90. The van der Waals surface area contributed by atoms with E-state index in [2.05, 4.69) is 6.92 Å². The molecule has 160 valence electrons. The Morgan fingerprint density at radius 2 is 1.62 bits per heavy atom. The molecule has 2 N–H and O–H groups in total. The number of hydrogen-bond acceptors (Lipinski definition) is 5. The van der Waals surface area contributed by atoms with E-state index in [0.717, 1.165) is 12.8 Å². The Kier molecular flexibility index (Phi) is 6.79. The molecule has 29 heavy (non-hydrogen) atoms. The second-order valence-corrected chi connectivity index (χ2v) is 9.84. The highest BCUT2D eigenvalue weighted by Crippen LogP contribution is 2.25. The van der Waals surface area contributed by atoms with Crippen LogP contribution >= 0.6 is 0 Å². The van der Waals surface area contributed by atoms with Crippen molar-refractivity contribution in [3.05, 3.63) is 24.3 Å². The normalized spacial score (nSPS) is 19.8. The van der Waals surface area contributed by atoms with Crippen LogP contribution in [0.4, 0.5) is 0 Å². The van der Waals surface area contributed by atoms with Crippen LogP contribution in [0.5, 0.6) is 5.75 Å². The monoisotopic (exact) mass is 423 g/mol. The van der Waals surface area contributed by atoms with Crippen molar-refractivity contribution in [2.24, 2.45) is 17.6 Å². The first-order chi connectivity index (χ1) is 13.8. The Bertz CT molecular complexity index is 824. The first-order valence-corrected chi connectivity index (χ1v) is 11.5. The number of hydrogen-bond donors (Lipinski definition) is 1. The molecule has 1 aromatic rings. The summed E-state index contributed by atoms with van der Waals surface area (Å²) in [5.41, 5.74) is 5.31. The van der Waals surface area contributed by atoms with E-state index < -0.39 is 10.0 Å². The van der Waals surface area contributed by atoms with Gasteiger partial charge in [0.1, 0.15) is 5.75 Å². The predicted molar refractivity (Wildman–Crippen MR) is 108 cm³/mol. The lowest BCUT2D eigenvalue weighted by atomic mass is 9.96. The van der Waals surface area contributed by atoms with E-state index in [1.807, 2.05) is 0 Å². The van der Waals surface area contributed by atoms with E-state index in [9.17, 15) is 18.0 Å². The minimum Gasteiger partial charge on any atom is -0.484 e. The molecule has 2 heterocycles. The second kappa shape index (κ2) is 9.13. The van der Waals surface area contributed by atoms with Gasteiger partial charge in [-0.15, -0.1) is 0 Å². The average Bonchev–Trinajstić information content (AvgIpc) is 2.72. The molecule has 0 radical (unpaired) electrons. The number of likely N-dealkylation sites (tertiary alicyclic amines) is 1. The quantitative estimate of drug-likeness (QED) is 0.739. The molecule has 0 unspecified atom stereocenters. The molecule has 1 aromatic carbocycles. The molecule has 0 spiro atoms. The largest absolute Gasteiger partial charge is 0.484 e. The molecule has 0 saturated carbocycles. The summed E-state index contributed by atoms with van der Waals surface area (Å²) >= 11 is 0. The Labute approximate surface area is 172 Å². The number of sulfonamides is 1. The van der Waals surface area contributed by atoms with Crippen LogP contribution < -0.4 is 10.5 Å². The average molecular weight is 424 g/mol. The number of primary amides is 1. The third-order valence-corrected chi connectivity index (χ3v) is 7.73. The lowest BCUT2D eigenvalue weighted by molar-refractivity contribution is -0.136. The zero-order valence-electron chi connectivity index (χ0n) is 16.7. The van der Waals surface area contributed by atoms with Crippen LogP contribution in [0.3, 0.4) is 0 Å². The summed E-state index contributed by atoms with van der Waals surface area (Å²) in [5, 5.41) is 0. The fourth-order valence-corrected chi connectivity index (χ4v) is 5.20. The summed E-state index contributed by atoms with van der Waals surface area (Å²) in [4.78, 5) is 25.4. The van der Waals surface area contributed by atoms with Gasteiger partial charge in [0.05, 0.1) is 4.90 Å². The van der Waals surface area contributed by atoms with Gasteiger partial charge in [-0.25, -0.2) is 8.42 Å². The maximum absolute atomic E-state index is 12.7. The van der Waals surface area contributed by atoms with Crippen molar-refractivity contribution >= 4 is 21.8 Å². The van der Waals surface area contributed by atoms with Crippen molar-refractivity contribution in [2.75, 3.05) is 32.8 Å². The highest BCUT2D eigenvalue weighted by molar-refractivity contribution is 7.89. The van der Waals surface area contributed by atoms with E-state index in [1.165, 1.54) is 16.4 Å². The van der Waals surface area contributed by atoms with Gasteiger partial charge in [-0.1, -0.05) is 6.92 Å². The summed E-state index contributed by atoms with van der Waals surface area (Å²) in [7, 11) is -3.50. The van der Waals surface area contributed by atoms with E-state index in [-0.39, 0.29) is 29.2 Å². The van der Waals surface area contributed by atoms with Crippen molar-refractivity contribution in [1.82, 2.24) is 9.21 Å². The fourth-order valence-electron chi connectivity index (χ4n) is 3.73. The maximum Gasteiger partial charge on any atom is 0.260 e. The summed E-state index contributed by atoms with van der Waals surface area (Å²) < 4.78 is 32.5. The van der Waals surface area contributed by atoms with Crippen molar-refractivity contribution < 1.29 is 22.7 Å². The van der Waals surface area contributed by atoms with Crippen LogP contribution in [0.2, 0.25) is 0 Å². The van der Waals surface area contributed by atoms with E-state index >= 15 is 0 Å². The molecular weight excluding hydrogens is 394 g/mol. The summed E-state index contributed by atoms with van der Waals surface area (Å²) in [6.45, 7) is 4.07. The number of rotatable bonds is 6. The highest BCUT2D eigenvalue weighted by Gasteiger charge is 2.28. The topological polar surface area (TPSA) is 110 Å². The van der Waals surface area contributed by atoms with Crippen molar-refractivity contribution in [1.29, 1.82) is 0 Å². The Balaban J connectivity index is 1.52. The van der Waals surface area contributed by atoms with Gasteiger partial charge < -0.3 is 15.4 Å². The molecule has 0 bridgehead atoms. The molecule has 2 aliphatic rings. The molecule has 0 aliphatic carbocycles. The predicted octanol–water partition coefficient (Wildman–Crippen LogP) is 1.21. The van der Waals surface area contributed by atoms with Gasteiger partial charge in [0.25, 0.3) is 5.91 Å². The molecule has 2 amide bonds. The van der Waals surface area contributed by atoms with Gasteiger partial charge in [0.15, 0.2) is 6.61 Å². The molecule has 2 aliphatic heterocycles. The number of nitrogens with two attached hydrogens (primary N) is 1. The first-order valence-electron chi connectivity index (χ1n) is 10.1. The number of benzene rings is 1. The van der Waals surface area contributed by atoms with Gasteiger partial charge >= 0.3 is 0 Å². The fraction of sp³-hybridized carbons (Fsp3) is 0.600. The van der Waals surface area contributed by atoms with E-state index in [4.69, 9.17) is 10.5 Å². The summed E-state index contributed by atoms with van der Waals surface area (Å²) in [6, 6.07) is 6.19. The number of piperidine rings is 2. The SMILES string of the molecule is CC1CCN(S(=O)(=O)c2ccc(OCC(=O)N3CCC(C(N)=O)CC3)cc2)CC1. The zero-order valence-corrected chi connectivity index (χ0v) is 17.6. The van der Waals surface area contributed by atoms with Gasteiger partial charge in [0, 0.05) is 32.1 Å². The molecule has 2 fully saturated rings. The van der Waals surface area contributed by atoms with Crippen molar-refractivity contribution in [2.45, 2.75) is 37.5 Å². The molecule has 3 rings (SSSR count). The number of amides is 2. The number of ether oxygens (including phenoxy) is 1. The minimum absolute atomic E-state index is 0.128. The van der Waals surface area contributed by atoms with Crippen LogP contribution in [-0.2, 0) is 19.6 Å². The number of carbonyl (C=O) groups is 2. The van der Waals surface area contributed by atoms with Crippen molar-refractivity contribution in [3.8, 4) is 5.75 Å². The molecule has 9 heteroatoms. The minimum atomic E-state index is -3.50. The molecule has 0 atom stereocenters. The van der Waals surface area contributed by atoms with Gasteiger partial charge in [-0.2, -0.15) is 4.31 Å². The van der Waals surface area contributed by atoms with Crippen molar-refractivity contribution in [3.63, 3.8) is 0 Å². The van der Waals surface area contributed by atoms with Crippen LogP contribution in [0, 0.1) is 11.8 Å². The van der Waals surface area contributed by atoms with Crippen LogP contribution in [0.1, 0.15) is 32.6 Å². The highest BCUT2D eigenvalue weighted by atomic mass is 32.2. The molecule has 8 nitrogen and oxygen atoms in total. The Morgan fingerprint density at radius 3 is 2.17 bits per heavy atom.